The van der Waals surface area contributed by atoms with Gasteiger partial charge in [0.2, 0.25) is 5.91 Å². The molecule has 0 spiro atoms. The summed E-state index contributed by atoms with van der Waals surface area (Å²) in [7, 11) is 0. The molecule has 0 aliphatic heterocycles. The number of allylic oxidation sites excluding steroid dienone is 1. The average molecular weight is 575 g/mol. The number of hydrogen-bond acceptors (Lipinski definition) is 8. The molecule has 0 bridgehead atoms. The van der Waals surface area contributed by atoms with Gasteiger partial charge in [0, 0.05) is 16.4 Å². The Morgan fingerprint density at radius 3 is 2.79 bits per heavy atom. The first-order valence-corrected chi connectivity index (χ1v) is 14.7. The number of thiophene rings is 1. The monoisotopic (exact) mass is 574 g/mol. The number of amides is 1. The van der Waals surface area contributed by atoms with E-state index in [1.165, 1.54) is 23.1 Å². The Kier molecular flexibility index (Phi) is 9.51. The number of nitrogens with zero attached hydrogens (tertiary/aromatic N) is 3. The first-order chi connectivity index (χ1) is 18.3. The largest absolute Gasteiger partial charge is 0.483 e. The molecule has 202 valence electrons. The summed E-state index contributed by atoms with van der Waals surface area (Å²) >= 11 is 8.81. The second kappa shape index (κ2) is 12.8. The number of anilines is 1. The van der Waals surface area contributed by atoms with E-state index in [1.54, 1.807) is 18.2 Å². The van der Waals surface area contributed by atoms with E-state index in [2.05, 4.69) is 22.1 Å². The van der Waals surface area contributed by atoms with Crippen molar-refractivity contribution in [1.82, 2.24) is 14.8 Å². The number of halogens is 1. The van der Waals surface area contributed by atoms with Crippen LogP contribution in [0.3, 0.4) is 0 Å². The highest BCUT2D eigenvalue weighted by molar-refractivity contribution is 7.99. The van der Waals surface area contributed by atoms with Crippen LogP contribution in [0.25, 0.3) is 0 Å². The maximum absolute atomic E-state index is 13.0. The highest BCUT2D eigenvalue weighted by Crippen LogP contribution is 2.39. The lowest BCUT2D eigenvalue weighted by Crippen LogP contribution is -2.19. The van der Waals surface area contributed by atoms with Gasteiger partial charge in [0.1, 0.15) is 10.8 Å². The number of rotatable bonds is 11. The molecule has 1 atom stereocenters. The summed E-state index contributed by atoms with van der Waals surface area (Å²) in [6, 6.07) is 7.15. The van der Waals surface area contributed by atoms with Gasteiger partial charge in [-0.15, -0.1) is 28.1 Å². The van der Waals surface area contributed by atoms with Gasteiger partial charge in [-0.1, -0.05) is 35.5 Å². The van der Waals surface area contributed by atoms with Crippen molar-refractivity contribution in [3.63, 3.8) is 0 Å². The smallest absolute Gasteiger partial charge is 0.341 e. The third kappa shape index (κ3) is 6.78. The number of nitrogens with one attached hydrogen (secondary N) is 1. The number of hydrogen-bond donors (Lipinski definition) is 1. The second-order valence-electron chi connectivity index (χ2n) is 9.16. The third-order valence-corrected chi connectivity index (χ3v) is 8.24. The maximum atomic E-state index is 13.0. The Morgan fingerprint density at radius 1 is 1.26 bits per heavy atom. The molecule has 1 N–H and O–H groups in total. The minimum Gasteiger partial charge on any atom is -0.483 e. The Balaban J connectivity index is 1.46. The summed E-state index contributed by atoms with van der Waals surface area (Å²) in [6.07, 6.45) is 4.93. The Hall–Kier alpha value is -2.82. The normalized spacial score (nSPS) is 13.6. The molecule has 3 aromatic rings. The van der Waals surface area contributed by atoms with E-state index < -0.39 is 6.10 Å². The van der Waals surface area contributed by atoms with Gasteiger partial charge in [0.15, 0.2) is 17.1 Å². The van der Waals surface area contributed by atoms with Crippen LogP contribution in [0.1, 0.15) is 66.3 Å². The molecule has 1 amide bonds. The van der Waals surface area contributed by atoms with E-state index in [0.717, 1.165) is 36.1 Å². The lowest BCUT2D eigenvalue weighted by Gasteiger charge is -2.16. The number of ether oxygens (including phenoxy) is 2. The number of aromatic nitrogens is 3. The van der Waals surface area contributed by atoms with Crippen molar-refractivity contribution < 1.29 is 19.1 Å². The number of thioether (sulfide) groups is 1. The van der Waals surface area contributed by atoms with Crippen LogP contribution in [0.15, 0.2) is 42.1 Å². The molecule has 8 nitrogen and oxygen atoms in total. The number of esters is 1. The van der Waals surface area contributed by atoms with Crippen molar-refractivity contribution in [3.8, 4) is 5.75 Å². The molecule has 1 aliphatic carbocycles. The van der Waals surface area contributed by atoms with E-state index in [9.17, 15) is 9.59 Å². The van der Waals surface area contributed by atoms with E-state index in [-0.39, 0.29) is 23.7 Å². The van der Waals surface area contributed by atoms with Crippen molar-refractivity contribution in [2.75, 3.05) is 11.1 Å². The minimum absolute atomic E-state index is 0.0973. The summed E-state index contributed by atoms with van der Waals surface area (Å²) in [5, 5.41) is 13.3. The zero-order valence-electron chi connectivity index (χ0n) is 21.7. The maximum Gasteiger partial charge on any atom is 0.341 e. The molecule has 11 heteroatoms. The van der Waals surface area contributed by atoms with E-state index in [0.29, 0.717) is 38.9 Å². The van der Waals surface area contributed by atoms with Crippen molar-refractivity contribution in [2.24, 2.45) is 0 Å². The summed E-state index contributed by atoms with van der Waals surface area (Å²) < 4.78 is 13.4. The van der Waals surface area contributed by atoms with Gasteiger partial charge in [-0.2, -0.15) is 0 Å². The summed E-state index contributed by atoms with van der Waals surface area (Å²) in [4.78, 5) is 27.0. The van der Waals surface area contributed by atoms with Crippen LogP contribution < -0.4 is 10.1 Å². The number of benzene rings is 1. The summed E-state index contributed by atoms with van der Waals surface area (Å²) in [6.45, 7) is 9.81. The van der Waals surface area contributed by atoms with Gasteiger partial charge in [-0.05, 0) is 70.2 Å². The minimum atomic E-state index is -0.406. The van der Waals surface area contributed by atoms with Gasteiger partial charge >= 0.3 is 5.97 Å². The summed E-state index contributed by atoms with van der Waals surface area (Å²) in [5.41, 5.74) is 1.51. The number of carbonyl (C=O) groups is 2. The molecule has 0 saturated carbocycles. The van der Waals surface area contributed by atoms with Gasteiger partial charge in [-0.3, -0.25) is 9.36 Å². The zero-order chi connectivity index (χ0) is 27.2. The predicted molar refractivity (Wildman–Crippen MR) is 152 cm³/mol. The molecular formula is C27H31ClN4O4S2. The fourth-order valence-corrected chi connectivity index (χ4v) is 6.47. The summed E-state index contributed by atoms with van der Waals surface area (Å²) in [5.74, 6) is 0.714. The fraction of sp³-hybridized carbons (Fsp3) is 0.407. The predicted octanol–water partition coefficient (Wildman–Crippen LogP) is 6.49. The molecular weight excluding hydrogens is 544 g/mol. The van der Waals surface area contributed by atoms with E-state index in [4.69, 9.17) is 21.1 Å². The van der Waals surface area contributed by atoms with Crippen LogP contribution in [-0.4, -0.2) is 38.5 Å². The molecule has 2 aromatic heterocycles. The Morgan fingerprint density at radius 2 is 2.05 bits per heavy atom. The lowest BCUT2D eigenvalue weighted by molar-refractivity contribution is -0.113. The van der Waals surface area contributed by atoms with Gasteiger partial charge < -0.3 is 14.8 Å². The highest BCUT2D eigenvalue weighted by Gasteiger charge is 2.28. The van der Waals surface area contributed by atoms with Crippen molar-refractivity contribution in [2.45, 2.75) is 70.4 Å². The topological polar surface area (TPSA) is 95.3 Å². The van der Waals surface area contributed by atoms with Crippen LogP contribution >= 0.6 is 34.7 Å². The Bertz CT molecular complexity index is 1320. The number of aryl methyl sites for hydroxylation is 1. The molecule has 1 unspecified atom stereocenters. The number of fused-ring (bicyclic) bond motifs is 1. The SMILES string of the molecule is C=CCn1c(SCC(=O)Nc2sc3c(c2C(=O)OC(C)C)CCCC3)nnc1C(C)Oc1cccc(Cl)c1. The zero-order valence-corrected chi connectivity index (χ0v) is 24.0. The first-order valence-electron chi connectivity index (χ1n) is 12.5. The highest BCUT2D eigenvalue weighted by atomic mass is 35.5. The van der Waals surface area contributed by atoms with Gasteiger partial charge in [0.05, 0.1) is 17.4 Å². The Labute approximate surface area is 235 Å². The average Bonchev–Trinajstić information content (AvgIpc) is 3.43. The molecule has 0 radical (unpaired) electrons. The second-order valence-corrected chi connectivity index (χ2v) is 11.6. The van der Waals surface area contributed by atoms with Crippen LogP contribution in [0.5, 0.6) is 5.75 Å². The van der Waals surface area contributed by atoms with Crippen LogP contribution in [-0.2, 0) is 28.9 Å². The third-order valence-electron chi connectivity index (χ3n) is 5.83. The van der Waals surface area contributed by atoms with Crippen LogP contribution in [0.2, 0.25) is 5.02 Å². The van der Waals surface area contributed by atoms with Crippen molar-refractivity contribution >= 4 is 51.6 Å². The van der Waals surface area contributed by atoms with E-state index >= 15 is 0 Å². The molecule has 4 rings (SSSR count). The van der Waals surface area contributed by atoms with Gasteiger partial charge in [-0.25, -0.2) is 4.79 Å². The van der Waals surface area contributed by atoms with Crippen LogP contribution in [0.4, 0.5) is 5.00 Å². The fourth-order valence-electron chi connectivity index (χ4n) is 4.24. The van der Waals surface area contributed by atoms with Gasteiger partial charge in [0.25, 0.3) is 0 Å². The molecule has 1 aliphatic rings. The van der Waals surface area contributed by atoms with Crippen molar-refractivity contribution in [1.29, 1.82) is 0 Å². The lowest BCUT2D eigenvalue weighted by atomic mass is 9.95. The van der Waals surface area contributed by atoms with Crippen molar-refractivity contribution in [3.05, 3.63) is 63.8 Å². The quantitative estimate of drug-likeness (QED) is 0.159. The van der Waals surface area contributed by atoms with Crippen LogP contribution in [0, 0.1) is 0 Å². The molecule has 1 aromatic carbocycles. The number of carbonyl (C=O) groups excluding carboxylic acids is 2. The molecule has 38 heavy (non-hydrogen) atoms. The molecule has 2 heterocycles. The molecule has 0 fully saturated rings. The first kappa shape index (κ1) is 28.2. The standard InChI is InChI=1S/C27H31ClN4O4S2/c1-5-13-32-24(17(4)36-19-10-8-9-18(28)14-19)30-31-27(32)37-15-22(33)29-25-23(26(34)35-16(2)3)20-11-6-7-12-21(20)38-25/h5,8-10,14,16-17H,1,6-7,11-13,15H2,2-4H3,(H,29,33). The molecule has 0 saturated heterocycles. The van der Waals surface area contributed by atoms with E-state index in [1.807, 2.05) is 37.5 Å².